The maximum absolute atomic E-state index is 15.1. The Balaban J connectivity index is 1.45. The van der Waals surface area contributed by atoms with E-state index in [4.69, 9.17) is 16.3 Å². The molecule has 1 saturated heterocycles. The number of hydrogen-bond acceptors (Lipinski definition) is 4. The van der Waals surface area contributed by atoms with Crippen molar-refractivity contribution in [2.75, 3.05) is 18.4 Å². The van der Waals surface area contributed by atoms with Crippen molar-refractivity contribution in [3.8, 4) is 0 Å². The monoisotopic (exact) mass is 540 g/mol. The molecule has 2 aliphatic heterocycles. The van der Waals surface area contributed by atoms with Crippen LogP contribution in [-0.4, -0.2) is 46.1 Å². The van der Waals surface area contributed by atoms with Crippen LogP contribution in [0.25, 0.3) is 0 Å². The van der Waals surface area contributed by atoms with Crippen LogP contribution in [0.5, 0.6) is 0 Å². The second kappa shape index (κ2) is 9.02. The number of amides is 2. The highest BCUT2D eigenvalue weighted by Gasteiger charge is 2.49. The van der Waals surface area contributed by atoms with Crippen molar-refractivity contribution in [3.63, 3.8) is 0 Å². The highest BCUT2D eigenvalue weighted by Crippen LogP contribution is 2.45. The zero-order chi connectivity index (χ0) is 26.5. The van der Waals surface area contributed by atoms with E-state index in [1.54, 1.807) is 0 Å². The largest absolute Gasteiger partial charge is 0.436 e. The summed E-state index contributed by atoms with van der Waals surface area (Å²) in [7, 11) is 0. The van der Waals surface area contributed by atoms with E-state index in [0.29, 0.717) is 6.42 Å². The van der Waals surface area contributed by atoms with Gasteiger partial charge in [-0.25, -0.2) is 18.6 Å². The minimum Gasteiger partial charge on any atom is -0.436 e. The Morgan fingerprint density at radius 2 is 1.89 bits per heavy atom. The lowest BCUT2D eigenvalue weighted by Crippen LogP contribution is -2.53. The molecule has 37 heavy (non-hydrogen) atoms. The number of carbonyl (C=O) groups excluding carboxylic acids is 2. The van der Waals surface area contributed by atoms with Crippen LogP contribution < -0.4 is 5.32 Å². The highest BCUT2D eigenvalue weighted by molar-refractivity contribution is 6.31. The van der Waals surface area contributed by atoms with Crippen LogP contribution in [0, 0.1) is 11.6 Å². The SMILES string of the molecule is O=C1Nc2ccc(Cl)c(F)c2[C@@]2(CCCN(C(=O)c3cnc([C@@H](c4ccc(F)cc4)C(F)(F)F)[nH]3)C2)O1. The zero-order valence-electron chi connectivity index (χ0n) is 18.8. The molecule has 2 aromatic carbocycles. The molecule has 0 aliphatic carbocycles. The molecule has 3 heterocycles. The predicted molar refractivity (Wildman–Crippen MR) is 121 cm³/mol. The number of rotatable bonds is 3. The van der Waals surface area contributed by atoms with Gasteiger partial charge in [0.15, 0.2) is 11.4 Å². The number of nitrogens with one attached hydrogen (secondary N) is 2. The summed E-state index contributed by atoms with van der Waals surface area (Å²) in [5.74, 6) is -4.99. The van der Waals surface area contributed by atoms with Crippen LogP contribution in [0.1, 0.15) is 46.2 Å². The lowest BCUT2D eigenvalue weighted by Gasteiger charge is -2.45. The highest BCUT2D eigenvalue weighted by atomic mass is 35.5. The first kappa shape index (κ1) is 25.0. The van der Waals surface area contributed by atoms with Crippen LogP contribution in [0.15, 0.2) is 42.6 Å². The number of likely N-dealkylation sites (tertiary alicyclic amines) is 1. The maximum atomic E-state index is 15.1. The summed E-state index contributed by atoms with van der Waals surface area (Å²) < 4.78 is 75.5. The molecule has 13 heteroatoms. The number of piperidine rings is 1. The normalized spacial score (nSPS) is 20.3. The molecule has 194 valence electrons. The van der Waals surface area contributed by atoms with E-state index in [1.807, 2.05) is 0 Å². The number of aromatic nitrogens is 2. The van der Waals surface area contributed by atoms with Crippen molar-refractivity contribution in [2.24, 2.45) is 0 Å². The van der Waals surface area contributed by atoms with Crippen molar-refractivity contribution in [3.05, 3.63) is 81.9 Å². The molecular weight excluding hydrogens is 523 g/mol. The maximum Gasteiger partial charge on any atom is 0.412 e. The number of ether oxygens (including phenoxy) is 1. The molecule has 2 N–H and O–H groups in total. The molecule has 3 aromatic rings. The average molecular weight is 541 g/mol. The van der Waals surface area contributed by atoms with E-state index >= 15 is 4.39 Å². The quantitative estimate of drug-likeness (QED) is 0.415. The molecule has 5 rings (SSSR count). The van der Waals surface area contributed by atoms with Crippen LogP contribution >= 0.6 is 11.6 Å². The van der Waals surface area contributed by atoms with E-state index < -0.39 is 47.2 Å². The van der Waals surface area contributed by atoms with E-state index in [9.17, 15) is 27.2 Å². The molecule has 1 fully saturated rings. The van der Waals surface area contributed by atoms with Gasteiger partial charge in [-0.1, -0.05) is 23.7 Å². The Morgan fingerprint density at radius 1 is 1.16 bits per heavy atom. The van der Waals surface area contributed by atoms with Gasteiger partial charge < -0.3 is 14.6 Å². The molecule has 2 aliphatic rings. The Morgan fingerprint density at radius 3 is 2.59 bits per heavy atom. The third-order valence-corrected chi connectivity index (χ3v) is 6.74. The van der Waals surface area contributed by atoms with Gasteiger partial charge in [-0.05, 0) is 42.7 Å². The lowest BCUT2D eigenvalue weighted by atomic mass is 9.83. The van der Waals surface area contributed by atoms with Gasteiger partial charge in [0, 0.05) is 6.54 Å². The number of hydrogen-bond donors (Lipinski definition) is 2. The van der Waals surface area contributed by atoms with E-state index in [1.165, 1.54) is 17.0 Å². The Bertz CT molecular complexity index is 1380. The van der Waals surface area contributed by atoms with Crippen molar-refractivity contribution in [1.82, 2.24) is 14.9 Å². The minimum absolute atomic E-state index is 0.00385. The second-order valence-electron chi connectivity index (χ2n) is 8.83. The van der Waals surface area contributed by atoms with Gasteiger partial charge >= 0.3 is 12.3 Å². The third-order valence-electron chi connectivity index (χ3n) is 6.45. The van der Waals surface area contributed by atoms with Crippen LogP contribution in [0.2, 0.25) is 5.02 Å². The van der Waals surface area contributed by atoms with Crippen molar-refractivity contribution >= 4 is 29.3 Å². The predicted octanol–water partition coefficient (Wildman–Crippen LogP) is 5.73. The fourth-order valence-corrected chi connectivity index (χ4v) is 5.02. The third kappa shape index (κ3) is 4.50. The first-order valence-corrected chi connectivity index (χ1v) is 11.5. The summed E-state index contributed by atoms with van der Waals surface area (Å²) in [6.45, 7) is -0.0728. The standard InChI is InChI=1S/C24H18ClF5N4O3/c25-14-6-7-15-18(19(14)27)23(37-22(36)33-15)8-1-9-34(11-23)21(35)16-10-31-20(32-16)17(24(28,29)30)12-2-4-13(26)5-3-12/h2-7,10,17H,1,8-9,11H2,(H,31,32)(H,33,36)/t17-,23+/m1/s1. The van der Waals surface area contributed by atoms with Crippen molar-refractivity contribution in [2.45, 2.75) is 30.5 Å². The molecule has 0 radical (unpaired) electrons. The number of imidazole rings is 1. The van der Waals surface area contributed by atoms with Gasteiger partial charge in [-0.15, -0.1) is 0 Å². The Labute approximate surface area is 211 Å². The summed E-state index contributed by atoms with van der Waals surface area (Å²) in [5.41, 5.74) is -1.88. The number of carbonyl (C=O) groups is 2. The molecule has 0 bridgehead atoms. The second-order valence-corrected chi connectivity index (χ2v) is 9.24. The summed E-state index contributed by atoms with van der Waals surface area (Å²) in [6, 6.07) is 6.51. The van der Waals surface area contributed by atoms with Crippen molar-refractivity contribution in [1.29, 1.82) is 0 Å². The fraction of sp³-hybridized carbons (Fsp3) is 0.292. The lowest BCUT2D eigenvalue weighted by molar-refractivity contribution is -0.142. The van der Waals surface area contributed by atoms with Gasteiger partial charge in [0.05, 0.1) is 29.0 Å². The molecule has 1 spiro atoms. The molecule has 2 atom stereocenters. The van der Waals surface area contributed by atoms with Crippen LogP contribution in [-0.2, 0) is 10.3 Å². The van der Waals surface area contributed by atoms with Gasteiger partial charge in [0.1, 0.15) is 23.3 Å². The van der Waals surface area contributed by atoms with Crippen LogP contribution in [0.3, 0.4) is 0 Å². The van der Waals surface area contributed by atoms with Crippen LogP contribution in [0.4, 0.5) is 32.4 Å². The molecule has 2 amide bonds. The van der Waals surface area contributed by atoms with E-state index in [2.05, 4.69) is 15.3 Å². The number of aromatic amines is 1. The zero-order valence-corrected chi connectivity index (χ0v) is 19.6. The van der Waals surface area contributed by atoms with Crippen molar-refractivity contribution < 1.29 is 36.3 Å². The van der Waals surface area contributed by atoms with E-state index in [0.717, 1.165) is 30.5 Å². The van der Waals surface area contributed by atoms with Gasteiger partial charge in [-0.3, -0.25) is 10.1 Å². The summed E-state index contributed by atoms with van der Waals surface area (Å²) >= 11 is 5.96. The minimum atomic E-state index is -4.78. The summed E-state index contributed by atoms with van der Waals surface area (Å²) in [5, 5.41) is 2.22. The Hall–Kier alpha value is -3.67. The number of halogens is 6. The molecule has 0 unspecified atom stereocenters. The molecular formula is C24H18ClF5N4O3. The number of benzene rings is 2. The topological polar surface area (TPSA) is 87.3 Å². The molecule has 0 saturated carbocycles. The summed E-state index contributed by atoms with van der Waals surface area (Å²) in [6.07, 6.45) is -4.13. The van der Waals surface area contributed by atoms with E-state index in [-0.39, 0.29) is 47.0 Å². The summed E-state index contributed by atoms with van der Waals surface area (Å²) in [4.78, 5) is 33.0. The number of H-pyrrole nitrogens is 1. The fourth-order valence-electron chi connectivity index (χ4n) is 4.87. The first-order valence-electron chi connectivity index (χ1n) is 11.1. The van der Waals surface area contributed by atoms with Gasteiger partial charge in [0.25, 0.3) is 5.91 Å². The number of fused-ring (bicyclic) bond motifs is 2. The first-order chi connectivity index (χ1) is 17.5. The Kier molecular flexibility index (Phi) is 6.09. The average Bonchev–Trinajstić information content (AvgIpc) is 3.30. The molecule has 1 aromatic heterocycles. The number of anilines is 1. The van der Waals surface area contributed by atoms with Gasteiger partial charge in [0.2, 0.25) is 0 Å². The number of nitrogens with zero attached hydrogens (tertiary/aromatic N) is 2. The smallest absolute Gasteiger partial charge is 0.412 e. The molecule has 7 nitrogen and oxygen atoms in total. The van der Waals surface area contributed by atoms with Gasteiger partial charge in [-0.2, -0.15) is 13.2 Å². The number of alkyl halides is 3.